The van der Waals surface area contributed by atoms with Crippen molar-refractivity contribution in [3.8, 4) is 34.5 Å². The largest absolute Gasteiger partial charge is 0.493 e. The van der Waals surface area contributed by atoms with Crippen molar-refractivity contribution in [2.45, 2.75) is 45.4 Å². The summed E-state index contributed by atoms with van der Waals surface area (Å²) in [6.07, 6.45) is 0.258. The number of halogens is 2. The number of aryl methyl sites for hydroxylation is 4. The van der Waals surface area contributed by atoms with E-state index in [1.54, 1.807) is 57.4 Å². The van der Waals surface area contributed by atoms with Crippen LogP contribution in [-0.4, -0.2) is 56.9 Å². The molecule has 0 aliphatic carbocycles. The molecule has 0 aliphatic rings. The molecule has 17 heteroatoms. The average molecular weight is 946 g/mol. The minimum absolute atomic E-state index is 0.0113. The number of carbonyl (C=O) groups excluding carboxylic acids is 2. The molecule has 0 saturated heterocycles. The molecule has 342 valence electrons. The van der Waals surface area contributed by atoms with Crippen molar-refractivity contribution in [2.75, 3.05) is 37.9 Å². The predicted octanol–water partition coefficient (Wildman–Crippen LogP) is 10.5. The van der Waals surface area contributed by atoms with E-state index in [-0.39, 0.29) is 46.1 Å². The Hall–Kier alpha value is -6.55. The summed E-state index contributed by atoms with van der Waals surface area (Å²) in [4.78, 5) is 23.4. The van der Waals surface area contributed by atoms with E-state index in [4.69, 9.17) is 57.4 Å². The molecule has 0 atom stereocenters. The fourth-order valence-electron chi connectivity index (χ4n) is 7.04. The number of nitrogens with zero attached hydrogens (tertiary/aromatic N) is 2. The first-order valence-corrected chi connectivity index (χ1v) is 22.6. The zero-order valence-electron chi connectivity index (χ0n) is 37.2. The van der Waals surface area contributed by atoms with E-state index < -0.39 is 10.0 Å². The van der Waals surface area contributed by atoms with Crippen molar-refractivity contribution in [3.05, 3.63) is 124 Å². The molecule has 0 aliphatic heterocycles. The first-order valence-electron chi connectivity index (χ1n) is 20.4. The number of sulfonamides is 1. The topological polar surface area (TPSA) is 172 Å². The number of benzene rings is 5. The molecule has 0 radical (unpaired) electrons. The van der Waals surface area contributed by atoms with Gasteiger partial charge in [-0.3, -0.25) is 14.3 Å². The van der Waals surface area contributed by atoms with Crippen molar-refractivity contribution in [1.82, 2.24) is 9.13 Å². The quantitative estimate of drug-likeness (QED) is 0.0740. The van der Waals surface area contributed by atoms with Gasteiger partial charge in [-0.1, -0.05) is 35.3 Å². The number of carbonyl (C=O) groups is 2. The highest BCUT2D eigenvalue weighted by Crippen LogP contribution is 2.42. The second kappa shape index (κ2) is 20.5. The van der Waals surface area contributed by atoms with Crippen LogP contribution >= 0.6 is 23.2 Å². The van der Waals surface area contributed by atoms with Crippen LogP contribution in [0, 0.1) is 13.8 Å². The van der Waals surface area contributed by atoms with Crippen LogP contribution in [0.3, 0.4) is 0 Å². The van der Waals surface area contributed by atoms with Crippen LogP contribution in [-0.2, 0) is 56.0 Å². The number of methoxy groups -OCH3 is 2. The Morgan fingerprint density at radius 1 is 0.631 bits per heavy atom. The van der Waals surface area contributed by atoms with Crippen LogP contribution in [0.25, 0.3) is 21.8 Å². The Bertz CT molecular complexity index is 3020. The molecule has 3 N–H and O–H groups in total. The minimum atomic E-state index is -4.12. The number of esters is 2. The number of rotatable bonds is 15. The Kier molecular flexibility index (Phi) is 15.1. The summed E-state index contributed by atoms with van der Waals surface area (Å²) in [5.41, 5.74) is 12.5. The maximum atomic E-state index is 13.4. The first-order chi connectivity index (χ1) is 31.0. The highest BCUT2D eigenvalue weighted by molar-refractivity contribution is 7.92. The maximum Gasteiger partial charge on any atom is 0.310 e. The van der Waals surface area contributed by atoms with E-state index >= 15 is 0 Å². The normalized spacial score (nSPS) is 11.2. The molecule has 7 aromatic rings. The number of ether oxygens (including phenoxy) is 6. The zero-order chi connectivity index (χ0) is 47.2. The zero-order valence-corrected chi connectivity index (χ0v) is 39.5. The Morgan fingerprint density at radius 2 is 1.11 bits per heavy atom. The van der Waals surface area contributed by atoms with E-state index in [1.807, 2.05) is 68.9 Å². The highest BCUT2D eigenvalue weighted by Gasteiger charge is 2.24. The van der Waals surface area contributed by atoms with E-state index in [9.17, 15) is 18.0 Å². The first kappa shape index (κ1) is 47.9. The lowest BCUT2D eigenvalue weighted by Crippen LogP contribution is -2.14. The summed E-state index contributed by atoms with van der Waals surface area (Å²) in [7, 11) is 2.80. The fourth-order valence-corrected chi connectivity index (χ4v) is 8.90. The summed E-state index contributed by atoms with van der Waals surface area (Å²) in [6, 6.07) is 25.8. The van der Waals surface area contributed by atoms with Gasteiger partial charge < -0.3 is 43.3 Å². The van der Waals surface area contributed by atoms with Gasteiger partial charge in [0.05, 0.1) is 62.0 Å². The highest BCUT2D eigenvalue weighted by atomic mass is 35.5. The third-order valence-electron chi connectivity index (χ3n) is 10.5. The Balaban J connectivity index is 0.000000228. The van der Waals surface area contributed by atoms with Gasteiger partial charge in [0.1, 0.15) is 10.6 Å². The average Bonchev–Trinajstić information content (AvgIpc) is 3.73. The van der Waals surface area contributed by atoms with E-state index in [0.29, 0.717) is 63.6 Å². The van der Waals surface area contributed by atoms with Gasteiger partial charge in [-0.25, -0.2) is 8.42 Å². The van der Waals surface area contributed by atoms with Crippen LogP contribution in [0.4, 0.5) is 11.4 Å². The van der Waals surface area contributed by atoms with Crippen molar-refractivity contribution >= 4 is 78.3 Å². The van der Waals surface area contributed by atoms with E-state index in [1.165, 1.54) is 25.3 Å². The van der Waals surface area contributed by atoms with Crippen molar-refractivity contribution < 1.29 is 46.4 Å². The third-order valence-corrected chi connectivity index (χ3v) is 12.6. The van der Waals surface area contributed by atoms with Gasteiger partial charge in [0.2, 0.25) is 0 Å². The number of nitrogen functional groups attached to an aromatic ring is 1. The Morgan fingerprint density at radius 3 is 1.62 bits per heavy atom. The van der Waals surface area contributed by atoms with Gasteiger partial charge in [0.15, 0.2) is 34.5 Å². The van der Waals surface area contributed by atoms with Gasteiger partial charge >= 0.3 is 11.9 Å². The summed E-state index contributed by atoms with van der Waals surface area (Å²) in [6.45, 7) is 8.12. The molecule has 0 saturated carbocycles. The number of nitrogens with two attached hydrogens (primary N) is 1. The molecule has 0 bridgehead atoms. The summed E-state index contributed by atoms with van der Waals surface area (Å²) >= 11 is 12.2. The van der Waals surface area contributed by atoms with Gasteiger partial charge in [-0.05, 0) is 118 Å². The molecule has 0 amide bonds. The summed E-state index contributed by atoms with van der Waals surface area (Å²) < 4.78 is 66.7. The van der Waals surface area contributed by atoms with Crippen LogP contribution in [0.1, 0.15) is 36.4 Å². The van der Waals surface area contributed by atoms with Crippen LogP contribution < -0.4 is 29.4 Å². The lowest BCUT2D eigenvalue weighted by Gasteiger charge is -2.17. The maximum absolute atomic E-state index is 13.4. The molecule has 2 heterocycles. The molecule has 7 rings (SSSR count). The number of fused-ring (bicyclic) bond motifs is 2. The molecule has 65 heavy (non-hydrogen) atoms. The number of nitrogens with one attached hydrogen (secondary N) is 1. The van der Waals surface area contributed by atoms with E-state index in [0.717, 1.165) is 33.4 Å². The standard InChI is InChI=1S/C27H26Cl2N2O6S.C21H24N2O4/c1-5-36-26(32)14-17-6-9-22(24(13-17)35-4)37-23-10-8-21-19(12-16(2)31(21)3)27(23)30-38(33,34)25-11-7-18(28)15-20(25)29;1-5-26-20(24)12-14-6-8-17(19(11-14)25-4)27-18-9-7-16-15(21(18)22)10-13(2)23(16)3/h6-13,15,30H,5,14H2,1-4H3;6-11H,5,12,22H2,1-4H3. The molecule has 14 nitrogen and oxygen atoms in total. The molecular weight excluding hydrogens is 896 g/mol. The number of hydrogen-bond donors (Lipinski definition) is 2. The van der Waals surface area contributed by atoms with Crippen molar-refractivity contribution in [1.29, 1.82) is 0 Å². The number of aromatic nitrogens is 2. The molecule has 2 aromatic heterocycles. The van der Waals surface area contributed by atoms with Gasteiger partial charge in [-0.2, -0.15) is 0 Å². The second-order valence-electron chi connectivity index (χ2n) is 14.8. The smallest absolute Gasteiger partial charge is 0.310 e. The van der Waals surface area contributed by atoms with Gasteiger partial charge in [0, 0.05) is 41.3 Å². The molecule has 0 fully saturated rings. The van der Waals surface area contributed by atoms with E-state index in [2.05, 4.69) is 9.29 Å². The minimum Gasteiger partial charge on any atom is -0.493 e. The number of anilines is 2. The molecule has 5 aromatic carbocycles. The predicted molar refractivity (Wildman–Crippen MR) is 254 cm³/mol. The molecule has 0 unspecified atom stereocenters. The Labute approximate surface area is 387 Å². The monoisotopic (exact) mass is 944 g/mol. The molecular formula is C48H50Cl2N4O10S. The second-order valence-corrected chi connectivity index (χ2v) is 17.3. The molecule has 0 spiro atoms. The van der Waals surface area contributed by atoms with Crippen LogP contribution in [0.2, 0.25) is 10.0 Å². The van der Waals surface area contributed by atoms with Gasteiger partial charge in [0.25, 0.3) is 10.0 Å². The summed E-state index contributed by atoms with van der Waals surface area (Å²) in [5, 5.41) is 1.89. The summed E-state index contributed by atoms with van der Waals surface area (Å²) in [5.74, 6) is 1.93. The fraction of sp³-hybridized carbons (Fsp3) is 0.250. The SMILES string of the molecule is CCOC(=O)Cc1ccc(Oc2ccc3c(cc(C)n3C)c2N)c(OC)c1.CCOC(=O)Cc1ccc(Oc2ccc3c(cc(C)n3C)c2NS(=O)(=O)c2ccc(Cl)cc2Cl)c(OC)c1. The third kappa shape index (κ3) is 10.9. The van der Waals surface area contributed by atoms with Crippen LogP contribution in [0.5, 0.6) is 34.5 Å². The lowest BCUT2D eigenvalue weighted by molar-refractivity contribution is -0.143. The number of hydrogen-bond acceptors (Lipinski definition) is 11. The van der Waals surface area contributed by atoms with Crippen molar-refractivity contribution in [2.24, 2.45) is 14.1 Å². The van der Waals surface area contributed by atoms with Gasteiger partial charge in [-0.15, -0.1) is 0 Å². The van der Waals surface area contributed by atoms with Crippen LogP contribution in [0.15, 0.2) is 95.9 Å². The lowest BCUT2D eigenvalue weighted by atomic mass is 10.1. The van der Waals surface area contributed by atoms with Crippen molar-refractivity contribution in [3.63, 3.8) is 0 Å².